The Kier molecular flexibility index (Phi) is 12.5. The minimum atomic E-state index is -0.712. The molecule has 0 radical (unpaired) electrons. The van der Waals surface area contributed by atoms with Crippen molar-refractivity contribution in [3.8, 4) is 11.5 Å². The zero-order valence-corrected chi connectivity index (χ0v) is 29.8. The number of thioether (sulfide) groups is 1. The van der Waals surface area contributed by atoms with Gasteiger partial charge in [-0.15, -0.1) is 11.8 Å². The first-order valence-corrected chi connectivity index (χ1v) is 17.1. The van der Waals surface area contributed by atoms with Gasteiger partial charge in [-0.1, -0.05) is 95.5 Å². The predicted molar refractivity (Wildman–Crippen MR) is 202 cm³/mol. The molecule has 12 heteroatoms. The van der Waals surface area contributed by atoms with Crippen molar-refractivity contribution in [3.63, 3.8) is 0 Å². The molecular formula is C38H30Cl3N3O5S. The molecule has 3 N–H and O–H groups in total. The van der Waals surface area contributed by atoms with Crippen LogP contribution in [0, 0.1) is 0 Å². The molecule has 0 spiro atoms. The maximum absolute atomic E-state index is 13.9. The molecule has 8 nitrogen and oxygen atoms in total. The topological polar surface area (TPSA) is 106 Å². The molecular weight excluding hydrogens is 717 g/mol. The van der Waals surface area contributed by atoms with Gasteiger partial charge in [-0.25, -0.2) is 0 Å². The maximum Gasteiger partial charge on any atom is 0.272 e. The highest BCUT2D eigenvalue weighted by Crippen LogP contribution is 2.40. The Bertz CT molecular complexity index is 2020. The molecule has 0 aliphatic carbocycles. The molecule has 5 aromatic rings. The minimum absolute atomic E-state index is 0.0828. The van der Waals surface area contributed by atoms with Crippen LogP contribution in [0.4, 0.5) is 11.4 Å². The first kappa shape index (κ1) is 36.4. The van der Waals surface area contributed by atoms with Crippen LogP contribution in [0.15, 0.2) is 126 Å². The molecule has 0 bridgehead atoms. The standard InChI is InChI=1S/C38H30Cl3N3O5S/c1-48-33-22-34(49-2)31(21-30(33)41)43-38(47)35(23-11-5-3-6-12-23)50-26-16-9-15-25(19-26)42-37(46)32(20-27-28(39)17-10-18-29(27)40)44-36(45)24-13-7-4-8-14-24/h3-22,35H,1-2H3,(H,42,46)(H,43,47)(H,44,45)/b32-20+. The van der Waals surface area contributed by atoms with Gasteiger partial charge < -0.3 is 25.4 Å². The Morgan fingerprint density at radius 2 is 1.34 bits per heavy atom. The van der Waals surface area contributed by atoms with Crippen LogP contribution < -0.4 is 25.4 Å². The lowest BCUT2D eigenvalue weighted by Crippen LogP contribution is -2.30. The summed E-state index contributed by atoms with van der Waals surface area (Å²) in [7, 11) is 2.97. The van der Waals surface area contributed by atoms with Gasteiger partial charge in [-0.05, 0) is 60.2 Å². The van der Waals surface area contributed by atoms with E-state index < -0.39 is 17.1 Å². The van der Waals surface area contributed by atoms with Crippen LogP contribution in [0.3, 0.4) is 0 Å². The van der Waals surface area contributed by atoms with E-state index >= 15 is 0 Å². The Hall–Kier alpha value is -4.93. The molecule has 1 atom stereocenters. The van der Waals surface area contributed by atoms with Crippen LogP contribution in [-0.4, -0.2) is 31.9 Å². The molecule has 5 rings (SSSR count). The van der Waals surface area contributed by atoms with Crippen molar-refractivity contribution in [2.75, 3.05) is 24.9 Å². The number of amides is 3. The second-order valence-electron chi connectivity index (χ2n) is 10.6. The third kappa shape index (κ3) is 9.19. The van der Waals surface area contributed by atoms with Crippen LogP contribution in [0.5, 0.6) is 11.5 Å². The zero-order valence-electron chi connectivity index (χ0n) is 26.7. The van der Waals surface area contributed by atoms with Crippen molar-refractivity contribution in [2.45, 2.75) is 10.1 Å². The summed E-state index contributed by atoms with van der Waals surface area (Å²) in [6, 6.07) is 32.9. The van der Waals surface area contributed by atoms with E-state index in [1.54, 1.807) is 78.9 Å². The van der Waals surface area contributed by atoms with Crippen LogP contribution in [0.25, 0.3) is 6.08 Å². The van der Waals surface area contributed by atoms with Crippen LogP contribution in [0.1, 0.15) is 26.7 Å². The zero-order chi connectivity index (χ0) is 35.6. The molecule has 0 saturated carbocycles. The maximum atomic E-state index is 13.9. The summed E-state index contributed by atoms with van der Waals surface area (Å²) in [5, 5.41) is 8.67. The van der Waals surface area contributed by atoms with Crippen molar-refractivity contribution in [2.24, 2.45) is 0 Å². The first-order chi connectivity index (χ1) is 24.2. The van der Waals surface area contributed by atoms with Crippen LogP contribution in [0.2, 0.25) is 15.1 Å². The molecule has 0 aromatic heterocycles. The predicted octanol–water partition coefficient (Wildman–Crippen LogP) is 9.55. The number of nitrogens with one attached hydrogen (secondary N) is 3. The Morgan fingerprint density at radius 1 is 0.700 bits per heavy atom. The largest absolute Gasteiger partial charge is 0.495 e. The number of benzene rings is 5. The lowest BCUT2D eigenvalue weighted by Gasteiger charge is -2.19. The van der Waals surface area contributed by atoms with Gasteiger partial charge >= 0.3 is 0 Å². The van der Waals surface area contributed by atoms with Crippen molar-refractivity contribution < 1.29 is 23.9 Å². The Balaban J connectivity index is 1.41. The van der Waals surface area contributed by atoms with Gasteiger partial charge in [0.05, 0.1) is 24.9 Å². The van der Waals surface area contributed by atoms with E-state index in [0.717, 1.165) is 5.56 Å². The van der Waals surface area contributed by atoms with Crippen molar-refractivity contribution in [3.05, 3.63) is 153 Å². The summed E-state index contributed by atoms with van der Waals surface area (Å²) in [5.74, 6) is -0.663. The molecule has 0 fully saturated rings. The summed E-state index contributed by atoms with van der Waals surface area (Å²) in [4.78, 5) is 41.4. The number of hydrogen-bond acceptors (Lipinski definition) is 6. The smallest absolute Gasteiger partial charge is 0.272 e. The van der Waals surface area contributed by atoms with Crippen molar-refractivity contribution >= 4 is 81.7 Å². The fraction of sp³-hybridized carbons (Fsp3) is 0.0789. The van der Waals surface area contributed by atoms with E-state index in [4.69, 9.17) is 44.3 Å². The van der Waals surface area contributed by atoms with Gasteiger partial charge in [0.25, 0.3) is 11.8 Å². The summed E-state index contributed by atoms with van der Waals surface area (Å²) in [6.45, 7) is 0. The number of anilines is 2. The Morgan fingerprint density at radius 3 is 2.00 bits per heavy atom. The average molecular weight is 747 g/mol. The second-order valence-corrected chi connectivity index (χ2v) is 13.0. The third-order valence-corrected chi connectivity index (χ3v) is 9.44. The molecule has 5 aromatic carbocycles. The normalized spacial score (nSPS) is 11.7. The third-order valence-electron chi connectivity index (χ3n) is 7.24. The van der Waals surface area contributed by atoms with Crippen LogP contribution >= 0.6 is 46.6 Å². The van der Waals surface area contributed by atoms with Crippen molar-refractivity contribution in [1.29, 1.82) is 0 Å². The molecule has 0 heterocycles. The highest BCUT2D eigenvalue weighted by atomic mass is 35.5. The molecule has 0 aliphatic rings. The SMILES string of the molecule is COc1cc(OC)c(NC(=O)C(Sc2cccc(NC(=O)/C(=C\c3c(Cl)cccc3Cl)NC(=O)c3ccccc3)c2)c2ccccc2)cc1Cl. The highest BCUT2D eigenvalue weighted by Gasteiger charge is 2.25. The van der Waals surface area contributed by atoms with Gasteiger partial charge in [0.1, 0.15) is 22.4 Å². The second kappa shape index (κ2) is 17.1. The van der Waals surface area contributed by atoms with Gasteiger partial charge in [0.2, 0.25) is 5.91 Å². The van der Waals surface area contributed by atoms with E-state index in [0.29, 0.717) is 54.0 Å². The average Bonchev–Trinajstić information content (AvgIpc) is 3.12. The fourth-order valence-corrected chi connectivity index (χ4v) is 6.60. The number of carbonyl (C=O) groups is 3. The van der Waals surface area contributed by atoms with Gasteiger partial charge in [-0.2, -0.15) is 0 Å². The summed E-state index contributed by atoms with van der Waals surface area (Å²) < 4.78 is 10.8. The van der Waals surface area contributed by atoms with Gasteiger partial charge in [0.15, 0.2) is 0 Å². The van der Waals surface area contributed by atoms with E-state index in [1.807, 2.05) is 36.4 Å². The summed E-state index contributed by atoms with van der Waals surface area (Å²) in [5.41, 5.74) is 2.18. The van der Waals surface area contributed by atoms with E-state index in [1.165, 1.54) is 32.1 Å². The number of rotatable bonds is 12. The van der Waals surface area contributed by atoms with Crippen LogP contribution in [-0.2, 0) is 9.59 Å². The lowest BCUT2D eigenvalue weighted by atomic mass is 10.1. The van der Waals surface area contributed by atoms with Gasteiger partial charge in [0, 0.05) is 37.8 Å². The van der Waals surface area contributed by atoms with Crippen molar-refractivity contribution in [1.82, 2.24) is 5.32 Å². The molecule has 50 heavy (non-hydrogen) atoms. The van der Waals surface area contributed by atoms with E-state index in [9.17, 15) is 14.4 Å². The molecule has 3 amide bonds. The summed E-state index contributed by atoms with van der Waals surface area (Å²) in [6.07, 6.45) is 1.43. The number of carbonyl (C=O) groups excluding carboxylic acids is 3. The number of hydrogen-bond donors (Lipinski definition) is 3. The Labute approximate surface area is 308 Å². The molecule has 1 unspecified atom stereocenters. The lowest BCUT2D eigenvalue weighted by molar-refractivity contribution is -0.116. The van der Waals surface area contributed by atoms with Gasteiger partial charge in [-0.3, -0.25) is 14.4 Å². The number of ether oxygens (including phenoxy) is 2. The van der Waals surface area contributed by atoms with E-state index in [2.05, 4.69) is 16.0 Å². The highest BCUT2D eigenvalue weighted by molar-refractivity contribution is 8.00. The monoisotopic (exact) mass is 745 g/mol. The van der Waals surface area contributed by atoms with E-state index in [-0.39, 0.29) is 11.6 Å². The fourth-order valence-electron chi connectivity index (χ4n) is 4.77. The summed E-state index contributed by atoms with van der Waals surface area (Å²) >= 11 is 20.4. The quantitative estimate of drug-likeness (QED) is 0.0868. The number of halogens is 3. The molecule has 0 aliphatic heterocycles. The molecule has 0 saturated heterocycles. The minimum Gasteiger partial charge on any atom is -0.495 e. The molecule has 254 valence electrons. The number of methoxy groups -OCH3 is 2. The first-order valence-electron chi connectivity index (χ1n) is 15.0.